The molecule has 0 saturated heterocycles. The molecule has 2 rings (SSSR count). The SMILES string of the molecule is CCc1nn(C)c(CC)c1CNC(=O)c1csc(C(F)(F)F)n1. The van der Waals surface area contributed by atoms with Crippen molar-refractivity contribution in [3.63, 3.8) is 0 Å². The monoisotopic (exact) mass is 346 g/mol. The Bertz CT molecular complexity index is 705. The van der Waals surface area contributed by atoms with Gasteiger partial charge >= 0.3 is 6.18 Å². The molecule has 2 aromatic heterocycles. The van der Waals surface area contributed by atoms with Gasteiger partial charge in [-0.05, 0) is 12.8 Å². The fourth-order valence-electron chi connectivity index (χ4n) is 2.36. The minimum atomic E-state index is -4.53. The van der Waals surface area contributed by atoms with Crippen LogP contribution in [-0.4, -0.2) is 20.7 Å². The highest BCUT2D eigenvalue weighted by Gasteiger charge is 2.35. The highest BCUT2D eigenvalue weighted by Crippen LogP contribution is 2.31. The van der Waals surface area contributed by atoms with E-state index in [9.17, 15) is 18.0 Å². The van der Waals surface area contributed by atoms with Crippen molar-refractivity contribution in [2.75, 3.05) is 0 Å². The molecule has 2 aromatic rings. The summed E-state index contributed by atoms with van der Waals surface area (Å²) >= 11 is 0.413. The van der Waals surface area contributed by atoms with E-state index < -0.39 is 17.1 Å². The van der Waals surface area contributed by atoms with Crippen molar-refractivity contribution >= 4 is 17.2 Å². The van der Waals surface area contributed by atoms with Crippen molar-refractivity contribution in [2.24, 2.45) is 7.05 Å². The van der Waals surface area contributed by atoms with Crippen LogP contribution in [0.4, 0.5) is 13.2 Å². The van der Waals surface area contributed by atoms with Crippen molar-refractivity contribution in [3.05, 3.63) is 33.0 Å². The molecule has 0 fully saturated rings. The number of hydrogen-bond acceptors (Lipinski definition) is 4. The van der Waals surface area contributed by atoms with E-state index in [2.05, 4.69) is 15.4 Å². The Balaban J connectivity index is 2.12. The fraction of sp³-hybridized carbons (Fsp3) is 0.500. The van der Waals surface area contributed by atoms with Crippen molar-refractivity contribution in [3.8, 4) is 0 Å². The maximum atomic E-state index is 12.5. The van der Waals surface area contributed by atoms with Gasteiger partial charge in [-0.3, -0.25) is 9.48 Å². The molecule has 2 heterocycles. The first-order valence-electron chi connectivity index (χ1n) is 7.12. The largest absolute Gasteiger partial charge is 0.443 e. The number of carbonyl (C=O) groups excluding carboxylic acids is 1. The lowest BCUT2D eigenvalue weighted by Gasteiger charge is -2.06. The Hall–Kier alpha value is -1.90. The van der Waals surface area contributed by atoms with Gasteiger partial charge in [0.25, 0.3) is 5.91 Å². The summed E-state index contributed by atoms with van der Waals surface area (Å²) in [6.45, 7) is 4.17. The maximum absolute atomic E-state index is 12.5. The first-order chi connectivity index (χ1) is 10.8. The van der Waals surface area contributed by atoms with E-state index >= 15 is 0 Å². The van der Waals surface area contributed by atoms with Crippen LogP contribution in [0.2, 0.25) is 0 Å². The molecule has 0 saturated carbocycles. The molecule has 0 spiro atoms. The number of nitrogens with one attached hydrogen (secondary N) is 1. The Morgan fingerprint density at radius 3 is 2.57 bits per heavy atom. The lowest BCUT2D eigenvalue weighted by molar-refractivity contribution is -0.137. The van der Waals surface area contributed by atoms with Crippen LogP contribution in [0.5, 0.6) is 0 Å². The van der Waals surface area contributed by atoms with E-state index in [4.69, 9.17) is 0 Å². The van der Waals surface area contributed by atoms with E-state index in [1.165, 1.54) is 0 Å². The number of amides is 1. The summed E-state index contributed by atoms with van der Waals surface area (Å²) in [5.74, 6) is -0.621. The number of aromatic nitrogens is 3. The highest BCUT2D eigenvalue weighted by atomic mass is 32.1. The zero-order valence-corrected chi connectivity index (χ0v) is 13.8. The second kappa shape index (κ2) is 6.69. The van der Waals surface area contributed by atoms with Gasteiger partial charge in [0.2, 0.25) is 0 Å². The number of alkyl halides is 3. The van der Waals surface area contributed by atoms with E-state index in [0.717, 1.165) is 28.8 Å². The molecule has 0 aromatic carbocycles. The molecular weight excluding hydrogens is 329 g/mol. The third kappa shape index (κ3) is 3.72. The van der Waals surface area contributed by atoms with Crippen LogP contribution < -0.4 is 5.32 Å². The molecule has 0 radical (unpaired) electrons. The Morgan fingerprint density at radius 2 is 2.04 bits per heavy atom. The topological polar surface area (TPSA) is 59.8 Å². The van der Waals surface area contributed by atoms with Crippen molar-refractivity contribution in [2.45, 2.75) is 39.4 Å². The summed E-state index contributed by atoms with van der Waals surface area (Å²) in [6, 6.07) is 0. The van der Waals surface area contributed by atoms with Crippen LogP contribution in [-0.2, 0) is 32.6 Å². The van der Waals surface area contributed by atoms with Gasteiger partial charge in [0, 0.05) is 30.2 Å². The number of hydrogen-bond donors (Lipinski definition) is 1. The van der Waals surface area contributed by atoms with E-state index in [0.29, 0.717) is 17.8 Å². The Morgan fingerprint density at radius 1 is 1.35 bits per heavy atom. The first-order valence-corrected chi connectivity index (χ1v) is 8.00. The molecule has 0 aliphatic heterocycles. The third-order valence-corrected chi connectivity index (χ3v) is 4.32. The molecule has 0 bridgehead atoms. The number of halogens is 3. The van der Waals surface area contributed by atoms with E-state index in [-0.39, 0.29) is 12.2 Å². The molecule has 9 heteroatoms. The number of carbonyl (C=O) groups is 1. The predicted octanol–water partition coefficient (Wildman–Crippen LogP) is 2.95. The second-order valence-electron chi connectivity index (χ2n) is 4.92. The highest BCUT2D eigenvalue weighted by molar-refractivity contribution is 7.09. The lowest BCUT2D eigenvalue weighted by atomic mass is 10.1. The number of aryl methyl sites for hydroxylation is 2. The number of nitrogens with zero attached hydrogens (tertiary/aromatic N) is 3. The van der Waals surface area contributed by atoms with Gasteiger partial charge in [-0.25, -0.2) is 4.98 Å². The van der Waals surface area contributed by atoms with Crippen LogP contribution >= 0.6 is 11.3 Å². The van der Waals surface area contributed by atoms with E-state index in [1.807, 2.05) is 20.9 Å². The third-order valence-electron chi connectivity index (χ3n) is 3.43. The minimum Gasteiger partial charge on any atom is -0.346 e. The van der Waals surface area contributed by atoms with Gasteiger partial charge in [-0.2, -0.15) is 18.3 Å². The summed E-state index contributed by atoms with van der Waals surface area (Å²) in [7, 11) is 1.83. The summed E-state index contributed by atoms with van der Waals surface area (Å²) in [4.78, 5) is 15.3. The average molecular weight is 346 g/mol. The summed E-state index contributed by atoms with van der Waals surface area (Å²) in [5.41, 5.74) is 2.56. The number of thiazole rings is 1. The maximum Gasteiger partial charge on any atom is 0.443 e. The van der Waals surface area contributed by atoms with Gasteiger partial charge in [0.1, 0.15) is 5.69 Å². The zero-order valence-electron chi connectivity index (χ0n) is 13.0. The zero-order chi connectivity index (χ0) is 17.2. The smallest absolute Gasteiger partial charge is 0.346 e. The van der Waals surface area contributed by atoms with Gasteiger partial charge < -0.3 is 5.32 Å². The summed E-state index contributed by atoms with van der Waals surface area (Å²) in [5, 5.41) is 7.11. The molecule has 126 valence electrons. The molecule has 0 unspecified atom stereocenters. The van der Waals surface area contributed by atoms with Crippen molar-refractivity contribution in [1.82, 2.24) is 20.1 Å². The Kier molecular flexibility index (Phi) is 5.08. The molecular formula is C14H17F3N4OS. The molecule has 23 heavy (non-hydrogen) atoms. The second-order valence-corrected chi connectivity index (χ2v) is 5.78. The van der Waals surface area contributed by atoms with Crippen LogP contribution in [0.15, 0.2) is 5.38 Å². The first kappa shape index (κ1) is 17.5. The van der Waals surface area contributed by atoms with Crippen molar-refractivity contribution < 1.29 is 18.0 Å². The quantitative estimate of drug-likeness (QED) is 0.905. The van der Waals surface area contributed by atoms with Gasteiger partial charge in [0.05, 0.1) is 5.69 Å². The lowest BCUT2D eigenvalue weighted by Crippen LogP contribution is -2.24. The molecule has 5 nitrogen and oxygen atoms in total. The van der Waals surface area contributed by atoms with Crippen LogP contribution in [0.1, 0.15) is 46.3 Å². The normalized spacial score (nSPS) is 11.7. The van der Waals surface area contributed by atoms with Crippen molar-refractivity contribution in [1.29, 1.82) is 0 Å². The molecule has 0 atom stereocenters. The standard InChI is InChI=1S/C14H17F3N4OS/c1-4-9-8(11(5-2)21(3)20-9)6-18-12(22)10-7-23-13(19-10)14(15,16)17/h7H,4-6H2,1-3H3,(H,18,22). The molecule has 1 N–H and O–H groups in total. The van der Waals surface area contributed by atoms with Gasteiger partial charge in [-0.1, -0.05) is 13.8 Å². The van der Waals surface area contributed by atoms with Gasteiger partial charge in [0.15, 0.2) is 5.01 Å². The van der Waals surface area contributed by atoms with Crippen LogP contribution in [0.3, 0.4) is 0 Å². The molecule has 0 aliphatic carbocycles. The predicted molar refractivity (Wildman–Crippen MR) is 80.3 cm³/mol. The van der Waals surface area contributed by atoms with Crippen LogP contribution in [0.25, 0.3) is 0 Å². The fourth-order valence-corrected chi connectivity index (χ4v) is 3.03. The van der Waals surface area contributed by atoms with Gasteiger partial charge in [-0.15, -0.1) is 11.3 Å². The average Bonchev–Trinajstić information content (AvgIpc) is 3.08. The molecule has 0 aliphatic rings. The Labute approximate surface area is 135 Å². The summed E-state index contributed by atoms with van der Waals surface area (Å²) < 4.78 is 39.3. The molecule has 1 amide bonds. The minimum absolute atomic E-state index is 0.220. The van der Waals surface area contributed by atoms with E-state index in [1.54, 1.807) is 4.68 Å². The number of rotatable bonds is 5. The van der Waals surface area contributed by atoms with Crippen LogP contribution in [0, 0.1) is 0 Å². The summed E-state index contributed by atoms with van der Waals surface area (Å²) in [6.07, 6.45) is -3.06.